The van der Waals surface area contributed by atoms with Gasteiger partial charge in [0.1, 0.15) is 0 Å². The monoisotopic (exact) mass is 518 g/mol. The second-order valence-electron chi connectivity index (χ2n) is 14.5. The number of hydrogen-bond acceptors (Lipinski definition) is 3. The number of carboxylic acid groups (broad SMARTS) is 1. The van der Waals surface area contributed by atoms with Gasteiger partial charge < -0.3 is 9.84 Å². The molecule has 4 fully saturated rings. The maximum atomic E-state index is 13.0. The molecule has 0 bridgehead atoms. The van der Waals surface area contributed by atoms with Crippen molar-refractivity contribution in [1.29, 1.82) is 0 Å². The van der Waals surface area contributed by atoms with E-state index in [4.69, 9.17) is 4.74 Å². The average molecular weight is 519 g/mol. The maximum Gasteiger partial charge on any atom is 0.335 e. The Bertz CT molecular complexity index is 1180. The summed E-state index contributed by atoms with van der Waals surface area (Å²) in [5.41, 5.74) is 2.84. The van der Waals surface area contributed by atoms with Crippen LogP contribution in [0.2, 0.25) is 0 Å². The van der Waals surface area contributed by atoms with E-state index in [9.17, 15) is 14.7 Å². The standard InChI is InChI=1S/C34H46O4/c1-31(2)26(21-8-6-9-22(20-21)29(35)36)15-17-32(3)27-12-11-24-23(25(27)13-18-33(31,32)4)14-19-34(30(37)38-5)16-7-10-28(24)34/h6,8-9,15,20,23-25,27-28H,7,10-14,16-19H2,1-5H3,(H,35,36)/t23?,24?,25?,27?,28?,32-,33?,34+/m1/s1. The molecule has 206 valence electrons. The minimum absolute atomic E-state index is 0.0585. The zero-order chi connectivity index (χ0) is 27.1. The Morgan fingerprint density at radius 2 is 1.63 bits per heavy atom. The summed E-state index contributed by atoms with van der Waals surface area (Å²) in [7, 11) is 1.59. The molecular weight excluding hydrogens is 472 g/mol. The van der Waals surface area contributed by atoms with Crippen LogP contribution in [0.15, 0.2) is 30.3 Å². The fourth-order valence-electron chi connectivity index (χ4n) is 11.3. The van der Waals surface area contributed by atoms with Crippen LogP contribution in [0.25, 0.3) is 5.57 Å². The van der Waals surface area contributed by atoms with Gasteiger partial charge in [0.25, 0.3) is 0 Å². The van der Waals surface area contributed by atoms with Gasteiger partial charge in [0.2, 0.25) is 0 Å². The summed E-state index contributed by atoms with van der Waals surface area (Å²) in [5, 5.41) is 9.61. The second kappa shape index (κ2) is 8.70. The van der Waals surface area contributed by atoms with Gasteiger partial charge in [-0.1, -0.05) is 52.3 Å². The van der Waals surface area contributed by atoms with E-state index in [0.29, 0.717) is 23.3 Å². The SMILES string of the molecule is COC(=O)[C@]12CCCC1C1CCC3C(CCC4(C)C(C)(C)C(c5cccc(C(=O)O)c5)=CC[C@]34C)C1CC2. The van der Waals surface area contributed by atoms with Gasteiger partial charge in [-0.05, 0) is 127 Å². The van der Waals surface area contributed by atoms with Crippen LogP contribution in [0.5, 0.6) is 0 Å². The van der Waals surface area contributed by atoms with Crippen molar-refractivity contribution < 1.29 is 19.4 Å². The number of rotatable bonds is 3. The number of ether oxygens (including phenoxy) is 1. The molecule has 0 aromatic heterocycles. The number of carbonyl (C=O) groups excluding carboxylic acids is 1. The normalized spacial score (nSPS) is 43.1. The summed E-state index contributed by atoms with van der Waals surface area (Å²) < 4.78 is 5.39. The summed E-state index contributed by atoms with van der Waals surface area (Å²) in [6.07, 6.45) is 14.2. The summed E-state index contributed by atoms with van der Waals surface area (Å²) in [6, 6.07) is 7.56. The Morgan fingerprint density at radius 3 is 2.37 bits per heavy atom. The van der Waals surface area contributed by atoms with Crippen molar-refractivity contribution in [3.63, 3.8) is 0 Å². The van der Waals surface area contributed by atoms with Crippen LogP contribution in [0.4, 0.5) is 0 Å². The molecule has 6 unspecified atom stereocenters. The molecule has 4 saturated carbocycles. The van der Waals surface area contributed by atoms with Gasteiger partial charge in [0, 0.05) is 0 Å². The zero-order valence-electron chi connectivity index (χ0n) is 24.0. The van der Waals surface area contributed by atoms with Crippen molar-refractivity contribution >= 4 is 17.5 Å². The molecule has 38 heavy (non-hydrogen) atoms. The number of fused-ring (bicyclic) bond motifs is 7. The third-order valence-corrected chi connectivity index (χ3v) is 13.6. The molecule has 0 amide bonds. The van der Waals surface area contributed by atoms with Crippen LogP contribution < -0.4 is 0 Å². The second-order valence-corrected chi connectivity index (χ2v) is 14.5. The lowest BCUT2D eigenvalue weighted by atomic mass is 9.35. The highest BCUT2D eigenvalue weighted by Crippen LogP contribution is 2.74. The minimum Gasteiger partial charge on any atom is -0.478 e. The Hall–Kier alpha value is -2.10. The van der Waals surface area contributed by atoms with Gasteiger partial charge in [-0.2, -0.15) is 0 Å². The first-order valence-electron chi connectivity index (χ1n) is 15.1. The van der Waals surface area contributed by atoms with Crippen LogP contribution in [0.1, 0.15) is 108 Å². The molecule has 4 nitrogen and oxygen atoms in total. The number of methoxy groups -OCH3 is 1. The van der Waals surface area contributed by atoms with Gasteiger partial charge in [-0.15, -0.1) is 0 Å². The third-order valence-electron chi connectivity index (χ3n) is 13.6. The van der Waals surface area contributed by atoms with E-state index in [2.05, 4.69) is 39.8 Å². The number of carboxylic acids is 1. The average Bonchev–Trinajstić information content (AvgIpc) is 3.35. The van der Waals surface area contributed by atoms with Crippen molar-refractivity contribution in [1.82, 2.24) is 0 Å². The Kier molecular flexibility index (Phi) is 5.98. The molecule has 5 aliphatic carbocycles. The molecule has 0 saturated heterocycles. The fraction of sp³-hybridized carbons (Fsp3) is 0.706. The molecule has 0 radical (unpaired) electrons. The number of benzene rings is 1. The number of hydrogen-bond donors (Lipinski definition) is 1. The Morgan fingerprint density at radius 1 is 0.895 bits per heavy atom. The van der Waals surface area contributed by atoms with Gasteiger partial charge >= 0.3 is 11.9 Å². The highest BCUT2D eigenvalue weighted by atomic mass is 16.5. The van der Waals surface area contributed by atoms with Crippen molar-refractivity contribution in [3.05, 3.63) is 41.5 Å². The molecule has 1 N–H and O–H groups in total. The Balaban J connectivity index is 1.33. The molecule has 1 aromatic carbocycles. The van der Waals surface area contributed by atoms with Crippen molar-refractivity contribution in [2.75, 3.05) is 7.11 Å². The van der Waals surface area contributed by atoms with Gasteiger partial charge in [-0.3, -0.25) is 4.79 Å². The van der Waals surface area contributed by atoms with Crippen LogP contribution in [0.3, 0.4) is 0 Å². The number of aromatic carboxylic acids is 1. The van der Waals surface area contributed by atoms with Gasteiger partial charge in [-0.25, -0.2) is 4.79 Å². The maximum absolute atomic E-state index is 13.0. The molecular formula is C34H46O4. The predicted octanol–water partition coefficient (Wildman–Crippen LogP) is 8.02. The molecule has 4 heteroatoms. The lowest BCUT2D eigenvalue weighted by molar-refractivity contribution is -0.182. The third kappa shape index (κ3) is 3.27. The summed E-state index contributed by atoms with van der Waals surface area (Å²) >= 11 is 0. The van der Waals surface area contributed by atoms with Gasteiger partial charge in [0.15, 0.2) is 0 Å². The minimum atomic E-state index is -0.861. The fourth-order valence-corrected chi connectivity index (χ4v) is 11.3. The topological polar surface area (TPSA) is 63.6 Å². The smallest absolute Gasteiger partial charge is 0.335 e. The predicted molar refractivity (Wildman–Crippen MR) is 149 cm³/mol. The molecule has 0 spiro atoms. The van der Waals surface area contributed by atoms with E-state index >= 15 is 0 Å². The van der Waals surface area contributed by atoms with E-state index in [1.165, 1.54) is 50.5 Å². The largest absolute Gasteiger partial charge is 0.478 e. The van der Waals surface area contributed by atoms with Crippen molar-refractivity contribution in [3.8, 4) is 0 Å². The van der Waals surface area contributed by atoms with Crippen LogP contribution in [0, 0.1) is 51.2 Å². The number of carbonyl (C=O) groups is 2. The lowest BCUT2D eigenvalue weighted by Crippen LogP contribution is -2.61. The van der Waals surface area contributed by atoms with Gasteiger partial charge in [0.05, 0.1) is 18.1 Å². The highest BCUT2D eigenvalue weighted by Gasteiger charge is 2.66. The zero-order valence-corrected chi connectivity index (χ0v) is 24.0. The van der Waals surface area contributed by atoms with E-state index < -0.39 is 5.97 Å². The molecule has 8 atom stereocenters. The van der Waals surface area contributed by atoms with Crippen LogP contribution in [-0.2, 0) is 9.53 Å². The summed E-state index contributed by atoms with van der Waals surface area (Å²) in [5.74, 6) is 2.62. The molecule has 1 aromatic rings. The summed E-state index contributed by atoms with van der Waals surface area (Å²) in [4.78, 5) is 24.7. The molecule has 0 aliphatic heterocycles. The van der Waals surface area contributed by atoms with Crippen LogP contribution >= 0.6 is 0 Å². The first kappa shape index (κ1) is 26.1. The first-order chi connectivity index (χ1) is 18.0. The first-order valence-corrected chi connectivity index (χ1v) is 15.1. The van der Waals surface area contributed by atoms with Crippen molar-refractivity contribution in [2.24, 2.45) is 51.2 Å². The van der Waals surface area contributed by atoms with Crippen molar-refractivity contribution in [2.45, 2.75) is 91.9 Å². The van der Waals surface area contributed by atoms with E-state index in [-0.39, 0.29) is 27.6 Å². The number of allylic oxidation sites excluding steroid dienone is 2. The van der Waals surface area contributed by atoms with E-state index in [1.807, 2.05) is 12.1 Å². The number of esters is 1. The molecule has 0 heterocycles. The van der Waals surface area contributed by atoms with E-state index in [0.717, 1.165) is 36.7 Å². The Labute approximate surface area is 228 Å². The molecule has 6 rings (SSSR count). The highest BCUT2D eigenvalue weighted by molar-refractivity contribution is 5.89. The quantitative estimate of drug-likeness (QED) is 0.412. The lowest BCUT2D eigenvalue weighted by Gasteiger charge is -2.69. The summed E-state index contributed by atoms with van der Waals surface area (Å²) in [6.45, 7) is 9.96. The van der Waals surface area contributed by atoms with E-state index in [1.54, 1.807) is 13.2 Å². The molecule has 5 aliphatic rings. The van der Waals surface area contributed by atoms with Crippen LogP contribution in [-0.4, -0.2) is 24.2 Å².